The Morgan fingerprint density at radius 1 is 1.47 bits per heavy atom. The van der Waals surface area contributed by atoms with E-state index in [-0.39, 0.29) is 6.10 Å². The highest BCUT2D eigenvalue weighted by molar-refractivity contribution is 5.73. The van der Waals surface area contributed by atoms with Gasteiger partial charge in [0.05, 0.1) is 6.10 Å². The highest BCUT2D eigenvalue weighted by Gasteiger charge is 2.21. The van der Waals surface area contributed by atoms with Crippen LogP contribution in [-0.4, -0.2) is 23.2 Å². The summed E-state index contributed by atoms with van der Waals surface area (Å²) in [5.74, 6) is -0.182. The van der Waals surface area contributed by atoms with Gasteiger partial charge in [0.15, 0.2) is 0 Å². The van der Waals surface area contributed by atoms with E-state index in [4.69, 9.17) is 15.6 Å². The molecule has 1 unspecified atom stereocenters. The van der Waals surface area contributed by atoms with Crippen LogP contribution in [0.4, 0.5) is 0 Å². The first kappa shape index (κ1) is 13.9. The summed E-state index contributed by atoms with van der Waals surface area (Å²) in [6, 6.07) is 4.93. The standard InChI is InChI=1S/C15H21NO3/c1-10-5-4-8-14(19-11-6-2-3-7-11)12(10)9-13(16)15(17)18/h4-5,8,11,13H,2-3,6-7,9,16H2,1H3,(H,17,18). The summed E-state index contributed by atoms with van der Waals surface area (Å²) in [6.45, 7) is 1.96. The molecule has 4 heteroatoms. The number of nitrogens with two attached hydrogens (primary N) is 1. The Balaban J connectivity index is 2.17. The average molecular weight is 263 g/mol. The average Bonchev–Trinajstić information content (AvgIpc) is 2.86. The number of ether oxygens (including phenoxy) is 1. The molecule has 0 radical (unpaired) electrons. The maximum absolute atomic E-state index is 10.9. The molecule has 1 aromatic carbocycles. The van der Waals surface area contributed by atoms with E-state index >= 15 is 0 Å². The van der Waals surface area contributed by atoms with Crippen molar-refractivity contribution >= 4 is 5.97 Å². The molecule has 19 heavy (non-hydrogen) atoms. The van der Waals surface area contributed by atoms with Crippen LogP contribution < -0.4 is 10.5 Å². The largest absolute Gasteiger partial charge is 0.490 e. The number of carbonyl (C=O) groups is 1. The van der Waals surface area contributed by atoms with Crippen molar-refractivity contribution in [2.24, 2.45) is 5.73 Å². The first-order valence-electron chi connectivity index (χ1n) is 6.81. The first-order chi connectivity index (χ1) is 9.08. The highest BCUT2D eigenvalue weighted by Crippen LogP contribution is 2.29. The number of carboxylic acid groups (broad SMARTS) is 1. The third-order valence-corrected chi connectivity index (χ3v) is 3.70. The molecular formula is C15H21NO3. The molecule has 0 heterocycles. The van der Waals surface area contributed by atoms with E-state index in [1.165, 1.54) is 12.8 Å². The van der Waals surface area contributed by atoms with Gasteiger partial charge in [-0.1, -0.05) is 12.1 Å². The lowest BCUT2D eigenvalue weighted by Gasteiger charge is -2.19. The molecule has 0 amide bonds. The first-order valence-corrected chi connectivity index (χ1v) is 6.81. The van der Waals surface area contributed by atoms with Crippen LogP contribution in [0, 0.1) is 6.92 Å². The van der Waals surface area contributed by atoms with E-state index < -0.39 is 12.0 Å². The second kappa shape index (κ2) is 6.06. The van der Waals surface area contributed by atoms with Gasteiger partial charge in [-0.3, -0.25) is 4.79 Å². The normalized spacial score (nSPS) is 17.4. The van der Waals surface area contributed by atoms with E-state index in [0.717, 1.165) is 29.7 Å². The zero-order valence-electron chi connectivity index (χ0n) is 11.3. The Morgan fingerprint density at radius 2 is 2.16 bits per heavy atom. The molecule has 0 spiro atoms. The smallest absolute Gasteiger partial charge is 0.320 e. The molecule has 0 bridgehead atoms. The zero-order chi connectivity index (χ0) is 13.8. The summed E-state index contributed by atoms with van der Waals surface area (Å²) in [7, 11) is 0. The SMILES string of the molecule is Cc1cccc(OC2CCCC2)c1CC(N)C(=O)O. The van der Waals surface area contributed by atoms with Gasteiger partial charge in [0, 0.05) is 6.42 Å². The van der Waals surface area contributed by atoms with Gasteiger partial charge in [-0.25, -0.2) is 0 Å². The molecule has 0 aromatic heterocycles. The van der Waals surface area contributed by atoms with Crippen molar-refractivity contribution in [1.82, 2.24) is 0 Å². The summed E-state index contributed by atoms with van der Waals surface area (Å²) in [4.78, 5) is 10.9. The second-order valence-corrected chi connectivity index (χ2v) is 5.22. The van der Waals surface area contributed by atoms with Crippen molar-refractivity contribution in [2.75, 3.05) is 0 Å². The van der Waals surface area contributed by atoms with Crippen molar-refractivity contribution in [3.05, 3.63) is 29.3 Å². The lowest BCUT2D eigenvalue weighted by Crippen LogP contribution is -2.32. The summed E-state index contributed by atoms with van der Waals surface area (Å²) >= 11 is 0. The second-order valence-electron chi connectivity index (χ2n) is 5.22. The minimum absolute atomic E-state index is 0.265. The lowest BCUT2D eigenvalue weighted by atomic mass is 10.0. The maximum Gasteiger partial charge on any atom is 0.320 e. The van der Waals surface area contributed by atoms with Crippen LogP contribution in [0.15, 0.2) is 18.2 Å². The van der Waals surface area contributed by atoms with Gasteiger partial charge in [-0.05, 0) is 49.8 Å². The third-order valence-electron chi connectivity index (χ3n) is 3.70. The van der Waals surface area contributed by atoms with Crippen LogP contribution in [0.5, 0.6) is 5.75 Å². The Kier molecular flexibility index (Phi) is 4.43. The van der Waals surface area contributed by atoms with E-state index in [9.17, 15) is 4.79 Å². The van der Waals surface area contributed by atoms with Crippen LogP contribution in [0.25, 0.3) is 0 Å². The Morgan fingerprint density at radius 3 is 2.79 bits per heavy atom. The fourth-order valence-corrected chi connectivity index (χ4v) is 2.54. The summed E-state index contributed by atoms with van der Waals surface area (Å²) in [6.07, 6.45) is 5.16. The van der Waals surface area contributed by atoms with Gasteiger partial charge in [0.25, 0.3) is 0 Å². The maximum atomic E-state index is 10.9. The van der Waals surface area contributed by atoms with E-state index in [2.05, 4.69) is 0 Å². The summed E-state index contributed by atoms with van der Waals surface area (Å²) < 4.78 is 6.02. The zero-order valence-corrected chi connectivity index (χ0v) is 11.3. The van der Waals surface area contributed by atoms with Gasteiger partial charge in [0.1, 0.15) is 11.8 Å². The minimum atomic E-state index is -0.977. The van der Waals surface area contributed by atoms with Gasteiger partial charge >= 0.3 is 5.97 Å². The number of benzene rings is 1. The fraction of sp³-hybridized carbons (Fsp3) is 0.533. The molecule has 0 saturated heterocycles. The minimum Gasteiger partial charge on any atom is -0.490 e. The molecule has 1 aliphatic rings. The molecule has 4 nitrogen and oxygen atoms in total. The number of hydrogen-bond acceptors (Lipinski definition) is 3. The van der Waals surface area contributed by atoms with Crippen LogP contribution in [0.3, 0.4) is 0 Å². The number of rotatable bonds is 5. The summed E-state index contributed by atoms with van der Waals surface area (Å²) in [5, 5.41) is 8.94. The predicted octanol–water partition coefficient (Wildman–Crippen LogP) is 2.27. The summed E-state index contributed by atoms with van der Waals surface area (Å²) in [5.41, 5.74) is 7.59. The van der Waals surface area contributed by atoms with Crippen molar-refractivity contribution in [2.45, 2.75) is 51.2 Å². The Bertz CT molecular complexity index is 453. The number of carboxylic acids is 1. The molecule has 1 atom stereocenters. The highest BCUT2D eigenvalue weighted by atomic mass is 16.5. The van der Waals surface area contributed by atoms with E-state index in [0.29, 0.717) is 6.42 Å². The Labute approximate surface area is 113 Å². The number of hydrogen-bond donors (Lipinski definition) is 2. The molecule has 1 aliphatic carbocycles. The lowest BCUT2D eigenvalue weighted by molar-refractivity contribution is -0.138. The molecule has 1 saturated carbocycles. The van der Waals surface area contributed by atoms with Crippen molar-refractivity contribution in [3.8, 4) is 5.75 Å². The molecule has 1 fully saturated rings. The molecular weight excluding hydrogens is 242 g/mol. The van der Waals surface area contributed by atoms with Crippen molar-refractivity contribution in [3.63, 3.8) is 0 Å². The predicted molar refractivity (Wildman–Crippen MR) is 73.4 cm³/mol. The molecule has 104 valence electrons. The van der Waals surface area contributed by atoms with E-state index in [1.54, 1.807) is 0 Å². The fourth-order valence-electron chi connectivity index (χ4n) is 2.54. The van der Waals surface area contributed by atoms with Gasteiger partial charge in [0.2, 0.25) is 0 Å². The number of aryl methyl sites for hydroxylation is 1. The topological polar surface area (TPSA) is 72.5 Å². The van der Waals surface area contributed by atoms with Gasteiger partial charge in [-0.2, -0.15) is 0 Å². The van der Waals surface area contributed by atoms with Crippen LogP contribution in [0.2, 0.25) is 0 Å². The van der Waals surface area contributed by atoms with Crippen LogP contribution in [-0.2, 0) is 11.2 Å². The van der Waals surface area contributed by atoms with E-state index in [1.807, 2.05) is 25.1 Å². The Hall–Kier alpha value is -1.55. The monoisotopic (exact) mass is 263 g/mol. The van der Waals surface area contributed by atoms with Gasteiger partial charge < -0.3 is 15.6 Å². The van der Waals surface area contributed by atoms with Crippen molar-refractivity contribution < 1.29 is 14.6 Å². The van der Waals surface area contributed by atoms with Gasteiger partial charge in [-0.15, -0.1) is 0 Å². The third kappa shape index (κ3) is 3.47. The van der Waals surface area contributed by atoms with Crippen molar-refractivity contribution in [1.29, 1.82) is 0 Å². The molecule has 2 rings (SSSR count). The molecule has 1 aromatic rings. The molecule has 0 aliphatic heterocycles. The van der Waals surface area contributed by atoms with Crippen LogP contribution >= 0.6 is 0 Å². The number of aliphatic carboxylic acids is 1. The quantitative estimate of drug-likeness (QED) is 0.854. The van der Waals surface area contributed by atoms with Crippen LogP contribution in [0.1, 0.15) is 36.8 Å². The molecule has 3 N–H and O–H groups in total.